The highest BCUT2D eigenvalue weighted by Crippen LogP contribution is 2.20. The average molecular weight is 231 g/mol. The fourth-order valence-electron chi connectivity index (χ4n) is 1.65. The van der Waals surface area contributed by atoms with Gasteiger partial charge in [-0.2, -0.15) is 0 Å². The second-order valence-corrected chi connectivity index (χ2v) is 3.93. The molecule has 90 valence electrons. The standard InChI is InChI=1S/C13H17N3O/c14-7-1-2-8-17-11-4-5-12-10(9-11)3-6-13(15)16-12/h3-6,9H,1-2,7-8,14H2,(H2,15,16). The van der Waals surface area contributed by atoms with Crippen LogP contribution in [-0.4, -0.2) is 18.1 Å². The van der Waals surface area contributed by atoms with E-state index in [1.165, 1.54) is 0 Å². The molecule has 2 aromatic rings. The molecule has 4 heteroatoms. The van der Waals surface area contributed by atoms with Crippen molar-refractivity contribution in [2.45, 2.75) is 12.8 Å². The van der Waals surface area contributed by atoms with Crippen molar-refractivity contribution < 1.29 is 4.74 Å². The van der Waals surface area contributed by atoms with E-state index >= 15 is 0 Å². The van der Waals surface area contributed by atoms with Crippen molar-refractivity contribution in [3.05, 3.63) is 30.3 Å². The number of hydrogen-bond donors (Lipinski definition) is 2. The third kappa shape index (κ3) is 3.07. The number of aromatic nitrogens is 1. The quantitative estimate of drug-likeness (QED) is 0.771. The van der Waals surface area contributed by atoms with E-state index in [1.54, 1.807) is 6.07 Å². The maximum Gasteiger partial charge on any atom is 0.124 e. The van der Waals surface area contributed by atoms with Crippen LogP contribution in [0.15, 0.2) is 30.3 Å². The Bertz CT molecular complexity index is 499. The van der Waals surface area contributed by atoms with Crippen molar-refractivity contribution in [2.24, 2.45) is 5.73 Å². The Morgan fingerprint density at radius 3 is 2.82 bits per heavy atom. The van der Waals surface area contributed by atoms with E-state index in [0.717, 1.165) is 29.5 Å². The van der Waals surface area contributed by atoms with E-state index < -0.39 is 0 Å². The number of nitrogens with zero attached hydrogens (tertiary/aromatic N) is 1. The van der Waals surface area contributed by atoms with Crippen LogP contribution in [0.1, 0.15) is 12.8 Å². The fourth-order valence-corrected chi connectivity index (χ4v) is 1.65. The van der Waals surface area contributed by atoms with Gasteiger partial charge in [-0.3, -0.25) is 0 Å². The van der Waals surface area contributed by atoms with Gasteiger partial charge in [0.05, 0.1) is 12.1 Å². The Hall–Kier alpha value is -1.81. The molecule has 0 bridgehead atoms. The Balaban J connectivity index is 2.07. The van der Waals surface area contributed by atoms with Gasteiger partial charge in [-0.25, -0.2) is 4.98 Å². The topological polar surface area (TPSA) is 74.2 Å². The highest BCUT2D eigenvalue weighted by Gasteiger charge is 1.99. The van der Waals surface area contributed by atoms with E-state index in [2.05, 4.69) is 4.98 Å². The molecule has 0 aliphatic rings. The molecule has 0 aliphatic heterocycles. The number of anilines is 1. The molecule has 0 radical (unpaired) electrons. The molecular weight excluding hydrogens is 214 g/mol. The summed E-state index contributed by atoms with van der Waals surface area (Å²) in [4.78, 5) is 4.23. The van der Waals surface area contributed by atoms with Gasteiger partial charge in [-0.15, -0.1) is 0 Å². The molecular formula is C13H17N3O. The van der Waals surface area contributed by atoms with Gasteiger partial charge in [0.1, 0.15) is 11.6 Å². The lowest BCUT2D eigenvalue weighted by Crippen LogP contribution is -2.03. The number of nitrogens with two attached hydrogens (primary N) is 2. The van der Waals surface area contributed by atoms with Crippen LogP contribution in [0.25, 0.3) is 10.9 Å². The second-order valence-electron chi connectivity index (χ2n) is 3.93. The van der Waals surface area contributed by atoms with Gasteiger partial charge in [-0.05, 0) is 49.7 Å². The number of ether oxygens (including phenoxy) is 1. The number of unbranched alkanes of at least 4 members (excludes halogenated alkanes) is 1. The Morgan fingerprint density at radius 1 is 1.12 bits per heavy atom. The van der Waals surface area contributed by atoms with E-state index in [0.29, 0.717) is 19.0 Å². The van der Waals surface area contributed by atoms with Gasteiger partial charge in [0.15, 0.2) is 0 Å². The van der Waals surface area contributed by atoms with E-state index in [-0.39, 0.29) is 0 Å². The van der Waals surface area contributed by atoms with Crippen LogP contribution in [0, 0.1) is 0 Å². The minimum Gasteiger partial charge on any atom is -0.494 e. The fraction of sp³-hybridized carbons (Fsp3) is 0.308. The summed E-state index contributed by atoms with van der Waals surface area (Å²) < 4.78 is 5.63. The predicted octanol–water partition coefficient (Wildman–Crippen LogP) is 1.93. The SMILES string of the molecule is NCCCCOc1ccc2nc(N)ccc2c1. The van der Waals surface area contributed by atoms with Crippen LogP contribution in [0.2, 0.25) is 0 Å². The number of benzene rings is 1. The summed E-state index contributed by atoms with van der Waals surface area (Å²) in [6.07, 6.45) is 1.97. The molecule has 0 amide bonds. The monoisotopic (exact) mass is 231 g/mol. The third-order valence-corrected chi connectivity index (χ3v) is 2.55. The van der Waals surface area contributed by atoms with Gasteiger partial charge < -0.3 is 16.2 Å². The average Bonchev–Trinajstić information content (AvgIpc) is 2.35. The Kier molecular flexibility index (Phi) is 3.77. The Labute approximate surface area is 101 Å². The first-order valence-electron chi connectivity index (χ1n) is 5.79. The lowest BCUT2D eigenvalue weighted by Gasteiger charge is -2.06. The van der Waals surface area contributed by atoms with Crippen molar-refractivity contribution in [2.75, 3.05) is 18.9 Å². The molecule has 0 unspecified atom stereocenters. The minimum absolute atomic E-state index is 0.536. The van der Waals surface area contributed by atoms with Crippen LogP contribution >= 0.6 is 0 Å². The summed E-state index contributed by atoms with van der Waals surface area (Å²) in [5.74, 6) is 1.40. The summed E-state index contributed by atoms with van der Waals surface area (Å²) in [5, 5.41) is 1.04. The lowest BCUT2D eigenvalue weighted by molar-refractivity contribution is 0.308. The van der Waals surface area contributed by atoms with Crippen LogP contribution in [0.5, 0.6) is 5.75 Å². The molecule has 1 aromatic carbocycles. The molecule has 0 atom stereocenters. The summed E-state index contributed by atoms with van der Waals surface area (Å²) >= 11 is 0. The first kappa shape index (κ1) is 11.7. The van der Waals surface area contributed by atoms with Gasteiger partial charge in [0.2, 0.25) is 0 Å². The van der Waals surface area contributed by atoms with E-state index in [4.69, 9.17) is 16.2 Å². The largest absolute Gasteiger partial charge is 0.494 e. The molecule has 2 rings (SSSR count). The van der Waals surface area contributed by atoms with Crippen molar-refractivity contribution in [1.82, 2.24) is 4.98 Å². The van der Waals surface area contributed by atoms with Crippen molar-refractivity contribution >= 4 is 16.7 Å². The minimum atomic E-state index is 0.536. The smallest absolute Gasteiger partial charge is 0.124 e. The van der Waals surface area contributed by atoms with Gasteiger partial charge >= 0.3 is 0 Å². The normalized spacial score (nSPS) is 10.6. The van der Waals surface area contributed by atoms with Crippen molar-refractivity contribution in [3.63, 3.8) is 0 Å². The molecule has 4 N–H and O–H groups in total. The van der Waals surface area contributed by atoms with Crippen LogP contribution in [-0.2, 0) is 0 Å². The van der Waals surface area contributed by atoms with Crippen molar-refractivity contribution in [3.8, 4) is 5.75 Å². The van der Waals surface area contributed by atoms with E-state index in [1.807, 2.05) is 24.3 Å². The van der Waals surface area contributed by atoms with E-state index in [9.17, 15) is 0 Å². The summed E-state index contributed by atoms with van der Waals surface area (Å²) in [5.41, 5.74) is 11.9. The first-order valence-corrected chi connectivity index (χ1v) is 5.79. The first-order chi connectivity index (χ1) is 8.29. The maximum atomic E-state index is 5.63. The second kappa shape index (κ2) is 5.50. The maximum absolute atomic E-state index is 5.63. The van der Waals surface area contributed by atoms with Crippen LogP contribution in [0.3, 0.4) is 0 Å². The van der Waals surface area contributed by atoms with Crippen LogP contribution < -0.4 is 16.2 Å². The molecule has 0 saturated carbocycles. The van der Waals surface area contributed by atoms with Gasteiger partial charge in [0, 0.05) is 5.39 Å². The zero-order valence-electron chi connectivity index (χ0n) is 9.73. The number of pyridine rings is 1. The molecule has 4 nitrogen and oxygen atoms in total. The summed E-state index contributed by atoms with van der Waals surface area (Å²) in [6.45, 7) is 1.41. The van der Waals surface area contributed by atoms with Crippen LogP contribution in [0.4, 0.5) is 5.82 Å². The number of hydrogen-bond acceptors (Lipinski definition) is 4. The lowest BCUT2D eigenvalue weighted by atomic mass is 10.2. The molecule has 1 heterocycles. The number of fused-ring (bicyclic) bond motifs is 1. The highest BCUT2D eigenvalue weighted by atomic mass is 16.5. The Morgan fingerprint density at radius 2 is 2.00 bits per heavy atom. The van der Waals surface area contributed by atoms with Crippen molar-refractivity contribution in [1.29, 1.82) is 0 Å². The molecule has 17 heavy (non-hydrogen) atoms. The summed E-state index contributed by atoms with van der Waals surface area (Å²) in [6, 6.07) is 9.55. The molecule has 0 spiro atoms. The summed E-state index contributed by atoms with van der Waals surface area (Å²) in [7, 11) is 0. The molecule has 1 aromatic heterocycles. The van der Waals surface area contributed by atoms with Gasteiger partial charge in [-0.1, -0.05) is 0 Å². The molecule has 0 fully saturated rings. The number of nitrogen functional groups attached to an aromatic ring is 1. The number of rotatable bonds is 5. The zero-order chi connectivity index (χ0) is 12.1. The predicted molar refractivity (Wildman–Crippen MR) is 69.9 cm³/mol. The van der Waals surface area contributed by atoms with Gasteiger partial charge in [0.25, 0.3) is 0 Å². The highest BCUT2D eigenvalue weighted by molar-refractivity contribution is 5.81. The molecule has 0 saturated heterocycles. The zero-order valence-corrected chi connectivity index (χ0v) is 9.73. The third-order valence-electron chi connectivity index (χ3n) is 2.55. The molecule has 0 aliphatic carbocycles.